The van der Waals surface area contributed by atoms with Crippen molar-refractivity contribution in [2.24, 2.45) is 0 Å². The van der Waals surface area contributed by atoms with E-state index in [1.165, 1.54) is 6.07 Å². The molecule has 1 amide bonds. The molecule has 2 rings (SSSR count). The minimum absolute atomic E-state index is 0. The van der Waals surface area contributed by atoms with E-state index in [0.29, 0.717) is 18.2 Å². The Morgan fingerprint density at radius 2 is 2.25 bits per heavy atom. The summed E-state index contributed by atoms with van der Waals surface area (Å²) in [5.74, 6) is -0.338. The van der Waals surface area contributed by atoms with Crippen molar-refractivity contribution < 1.29 is 9.18 Å². The summed E-state index contributed by atoms with van der Waals surface area (Å²) in [5, 5.41) is 6.05. The first-order valence-corrected chi connectivity index (χ1v) is 6.61. The largest absolute Gasteiger partial charge is 0.351 e. The summed E-state index contributed by atoms with van der Waals surface area (Å²) in [4.78, 5) is 14.0. The lowest BCUT2D eigenvalue weighted by Gasteiger charge is -2.33. The number of carbonyl (C=O) groups is 1. The predicted molar refractivity (Wildman–Crippen MR) is 79.4 cm³/mol. The van der Waals surface area contributed by atoms with E-state index in [9.17, 15) is 9.18 Å². The van der Waals surface area contributed by atoms with Crippen LogP contribution in [-0.4, -0.2) is 43.0 Å². The van der Waals surface area contributed by atoms with Gasteiger partial charge in [-0.3, -0.25) is 9.69 Å². The number of nitrogens with zero attached hydrogens (tertiary/aromatic N) is 1. The van der Waals surface area contributed by atoms with E-state index in [1.54, 1.807) is 18.2 Å². The Hall–Kier alpha value is -1.17. The molecule has 0 radical (unpaired) electrons. The SMILES string of the molecule is CC1CNCCN1CC(=O)NCc1ccccc1F.Cl. The van der Waals surface area contributed by atoms with Gasteiger partial charge in [-0.05, 0) is 13.0 Å². The minimum Gasteiger partial charge on any atom is -0.351 e. The number of amides is 1. The third kappa shape index (κ3) is 4.74. The van der Waals surface area contributed by atoms with Crippen molar-refractivity contribution in [1.82, 2.24) is 15.5 Å². The fourth-order valence-corrected chi connectivity index (χ4v) is 2.19. The smallest absolute Gasteiger partial charge is 0.234 e. The summed E-state index contributed by atoms with van der Waals surface area (Å²) in [5.41, 5.74) is 0.518. The highest BCUT2D eigenvalue weighted by Gasteiger charge is 2.20. The highest BCUT2D eigenvalue weighted by molar-refractivity contribution is 5.85. The second-order valence-corrected chi connectivity index (χ2v) is 4.89. The molecule has 2 N–H and O–H groups in total. The van der Waals surface area contributed by atoms with Gasteiger partial charge in [-0.15, -0.1) is 12.4 Å². The fourth-order valence-electron chi connectivity index (χ4n) is 2.19. The van der Waals surface area contributed by atoms with Gasteiger partial charge >= 0.3 is 0 Å². The molecule has 1 atom stereocenters. The zero-order valence-electron chi connectivity index (χ0n) is 11.6. The molecule has 1 fully saturated rings. The molecule has 0 aliphatic carbocycles. The molecule has 0 spiro atoms. The van der Waals surface area contributed by atoms with Gasteiger partial charge in [0.05, 0.1) is 6.54 Å². The van der Waals surface area contributed by atoms with E-state index in [-0.39, 0.29) is 30.7 Å². The summed E-state index contributed by atoms with van der Waals surface area (Å²) < 4.78 is 13.4. The number of hydrogen-bond donors (Lipinski definition) is 2. The van der Waals surface area contributed by atoms with Crippen molar-refractivity contribution in [3.63, 3.8) is 0 Å². The van der Waals surface area contributed by atoms with Gasteiger partial charge in [0.15, 0.2) is 0 Å². The van der Waals surface area contributed by atoms with Crippen molar-refractivity contribution in [3.8, 4) is 0 Å². The van der Waals surface area contributed by atoms with Crippen LogP contribution in [0.2, 0.25) is 0 Å². The van der Waals surface area contributed by atoms with Crippen molar-refractivity contribution in [2.75, 3.05) is 26.2 Å². The molecule has 1 aliphatic rings. The molecule has 6 heteroatoms. The van der Waals surface area contributed by atoms with Crippen LogP contribution in [0, 0.1) is 5.82 Å². The Kier molecular flexibility index (Phi) is 6.91. The van der Waals surface area contributed by atoms with Crippen LogP contribution in [0.25, 0.3) is 0 Å². The molecule has 1 aliphatic heterocycles. The number of piperazine rings is 1. The molecular formula is C14H21ClFN3O. The second kappa shape index (κ2) is 8.19. The summed E-state index contributed by atoms with van der Waals surface area (Å²) in [6.07, 6.45) is 0. The number of benzene rings is 1. The van der Waals surface area contributed by atoms with E-state index in [1.807, 2.05) is 0 Å². The van der Waals surface area contributed by atoms with E-state index >= 15 is 0 Å². The van der Waals surface area contributed by atoms with Crippen LogP contribution in [0.15, 0.2) is 24.3 Å². The molecule has 1 unspecified atom stereocenters. The zero-order chi connectivity index (χ0) is 13.7. The molecule has 4 nitrogen and oxygen atoms in total. The molecule has 1 heterocycles. The average Bonchev–Trinajstić information content (AvgIpc) is 2.40. The molecule has 0 bridgehead atoms. The summed E-state index contributed by atoms with van der Waals surface area (Å²) >= 11 is 0. The Balaban J connectivity index is 0.00000200. The van der Waals surface area contributed by atoms with Gasteiger partial charge in [-0.1, -0.05) is 18.2 Å². The number of nitrogens with one attached hydrogen (secondary N) is 2. The van der Waals surface area contributed by atoms with E-state index in [4.69, 9.17) is 0 Å². The van der Waals surface area contributed by atoms with Crippen LogP contribution in [0.1, 0.15) is 12.5 Å². The van der Waals surface area contributed by atoms with E-state index in [2.05, 4.69) is 22.5 Å². The summed E-state index contributed by atoms with van der Waals surface area (Å²) in [6, 6.07) is 6.85. The molecule has 1 aromatic carbocycles. The summed E-state index contributed by atoms with van der Waals surface area (Å²) in [6.45, 7) is 5.39. The molecular weight excluding hydrogens is 281 g/mol. The lowest BCUT2D eigenvalue weighted by Crippen LogP contribution is -2.52. The maximum atomic E-state index is 13.4. The van der Waals surface area contributed by atoms with Crippen molar-refractivity contribution in [2.45, 2.75) is 19.5 Å². The van der Waals surface area contributed by atoms with Crippen LogP contribution in [-0.2, 0) is 11.3 Å². The van der Waals surface area contributed by atoms with Crippen molar-refractivity contribution in [1.29, 1.82) is 0 Å². The summed E-state index contributed by atoms with van der Waals surface area (Å²) in [7, 11) is 0. The molecule has 1 saturated heterocycles. The third-order valence-corrected chi connectivity index (χ3v) is 3.42. The maximum Gasteiger partial charge on any atom is 0.234 e. The monoisotopic (exact) mass is 301 g/mol. The van der Waals surface area contributed by atoms with Crippen LogP contribution < -0.4 is 10.6 Å². The zero-order valence-corrected chi connectivity index (χ0v) is 12.4. The average molecular weight is 302 g/mol. The maximum absolute atomic E-state index is 13.4. The number of halogens is 2. The van der Waals surface area contributed by atoms with Gasteiger partial charge in [0.25, 0.3) is 0 Å². The quantitative estimate of drug-likeness (QED) is 0.877. The third-order valence-electron chi connectivity index (χ3n) is 3.42. The highest BCUT2D eigenvalue weighted by Crippen LogP contribution is 2.06. The first-order valence-electron chi connectivity index (χ1n) is 6.61. The number of carbonyl (C=O) groups excluding carboxylic acids is 1. The van der Waals surface area contributed by atoms with Gasteiger partial charge in [-0.25, -0.2) is 4.39 Å². The predicted octanol–water partition coefficient (Wildman–Crippen LogP) is 1.16. The lowest BCUT2D eigenvalue weighted by molar-refractivity contribution is -0.123. The van der Waals surface area contributed by atoms with Gasteiger partial charge in [0.1, 0.15) is 5.82 Å². The second-order valence-electron chi connectivity index (χ2n) is 4.89. The Bertz CT molecular complexity index is 444. The van der Waals surface area contributed by atoms with E-state index < -0.39 is 0 Å². The first-order chi connectivity index (χ1) is 9.16. The normalized spacial score (nSPS) is 19.2. The lowest BCUT2D eigenvalue weighted by atomic mass is 10.2. The van der Waals surface area contributed by atoms with E-state index in [0.717, 1.165) is 19.6 Å². The topological polar surface area (TPSA) is 44.4 Å². The van der Waals surface area contributed by atoms with Gasteiger partial charge in [-0.2, -0.15) is 0 Å². The molecule has 0 aromatic heterocycles. The van der Waals surface area contributed by atoms with Crippen LogP contribution in [0.4, 0.5) is 4.39 Å². The Labute approximate surface area is 125 Å². The number of rotatable bonds is 4. The standard InChI is InChI=1S/C14H20FN3O.ClH/c1-11-8-16-6-7-18(11)10-14(19)17-9-12-4-2-3-5-13(12)15;/h2-5,11,16H,6-10H2,1H3,(H,17,19);1H. The van der Waals surface area contributed by atoms with Crippen molar-refractivity contribution >= 4 is 18.3 Å². The Morgan fingerprint density at radius 3 is 2.95 bits per heavy atom. The van der Waals surface area contributed by atoms with Crippen molar-refractivity contribution in [3.05, 3.63) is 35.6 Å². The molecule has 0 saturated carbocycles. The number of hydrogen-bond acceptors (Lipinski definition) is 3. The highest BCUT2D eigenvalue weighted by atomic mass is 35.5. The van der Waals surface area contributed by atoms with Gasteiger partial charge in [0, 0.05) is 37.8 Å². The Morgan fingerprint density at radius 1 is 1.50 bits per heavy atom. The molecule has 1 aromatic rings. The van der Waals surface area contributed by atoms with Crippen LogP contribution in [0.3, 0.4) is 0 Å². The van der Waals surface area contributed by atoms with Crippen LogP contribution >= 0.6 is 12.4 Å². The van der Waals surface area contributed by atoms with Gasteiger partial charge in [0.2, 0.25) is 5.91 Å². The minimum atomic E-state index is -0.279. The fraction of sp³-hybridized carbons (Fsp3) is 0.500. The molecule has 20 heavy (non-hydrogen) atoms. The molecule has 112 valence electrons. The van der Waals surface area contributed by atoms with Crippen LogP contribution in [0.5, 0.6) is 0 Å². The van der Waals surface area contributed by atoms with Gasteiger partial charge < -0.3 is 10.6 Å². The first kappa shape index (κ1) is 16.9.